The Morgan fingerprint density at radius 2 is 1.85 bits per heavy atom. The molecule has 0 radical (unpaired) electrons. The number of hydrogen-bond acceptors (Lipinski definition) is 7. The van der Waals surface area contributed by atoms with Gasteiger partial charge in [-0.15, -0.1) is 0 Å². The van der Waals surface area contributed by atoms with E-state index in [1.54, 1.807) is 0 Å². The summed E-state index contributed by atoms with van der Waals surface area (Å²) >= 11 is 0. The normalized spacial score (nSPS) is 17.5. The van der Waals surface area contributed by atoms with Gasteiger partial charge in [0, 0.05) is 28.8 Å². The molecule has 7 heteroatoms. The molecule has 40 heavy (non-hydrogen) atoms. The van der Waals surface area contributed by atoms with E-state index in [1.807, 2.05) is 50.2 Å². The molecular weight excluding hydrogens is 506 g/mol. The summed E-state index contributed by atoms with van der Waals surface area (Å²) in [5.41, 5.74) is 14.5. The third-order valence-corrected chi connectivity index (χ3v) is 7.86. The number of carbonyl (C=O) groups excluding carboxylic acids is 2. The lowest BCUT2D eigenvalue weighted by atomic mass is 9.89. The Morgan fingerprint density at radius 1 is 1.10 bits per heavy atom. The lowest BCUT2D eigenvalue weighted by Crippen LogP contribution is -2.22. The summed E-state index contributed by atoms with van der Waals surface area (Å²) in [6.45, 7) is 8.68. The van der Waals surface area contributed by atoms with Gasteiger partial charge >= 0.3 is 5.97 Å². The van der Waals surface area contributed by atoms with Crippen LogP contribution in [-0.2, 0) is 20.7 Å². The Kier molecular flexibility index (Phi) is 7.49. The highest BCUT2D eigenvalue weighted by Gasteiger charge is 2.32. The van der Waals surface area contributed by atoms with Gasteiger partial charge in [0.25, 0.3) is 0 Å². The van der Waals surface area contributed by atoms with Gasteiger partial charge in [0.15, 0.2) is 0 Å². The monoisotopic (exact) mass is 543 g/mol. The summed E-state index contributed by atoms with van der Waals surface area (Å²) in [6, 6.07) is 14.0. The fourth-order valence-corrected chi connectivity index (χ4v) is 5.79. The van der Waals surface area contributed by atoms with Crippen molar-refractivity contribution in [2.75, 3.05) is 26.1 Å². The Morgan fingerprint density at radius 3 is 2.55 bits per heavy atom. The minimum Gasteiger partial charge on any atom is -0.493 e. The second-order valence-electron chi connectivity index (χ2n) is 11.6. The smallest absolute Gasteiger partial charge is 0.306 e. The highest BCUT2D eigenvalue weighted by molar-refractivity contribution is 5.79. The summed E-state index contributed by atoms with van der Waals surface area (Å²) in [4.78, 5) is 23.0. The van der Waals surface area contributed by atoms with Crippen LogP contribution < -0.4 is 19.9 Å². The van der Waals surface area contributed by atoms with Crippen molar-refractivity contribution in [1.29, 1.82) is 0 Å². The van der Waals surface area contributed by atoms with Crippen molar-refractivity contribution in [3.63, 3.8) is 0 Å². The zero-order valence-electron chi connectivity index (χ0n) is 23.8. The third-order valence-electron chi connectivity index (χ3n) is 7.86. The van der Waals surface area contributed by atoms with Crippen LogP contribution in [0.3, 0.4) is 0 Å². The average Bonchev–Trinajstić information content (AvgIpc) is 3.53. The molecule has 5 rings (SSSR count). The Balaban J connectivity index is 1.39. The number of rotatable bonds is 9. The number of carbonyl (C=O) groups is 2. The molecule has 7 nitrogen and oxygen atoms in total. The molecule has 3 aromatic rings. The number of methoxy groups -OCH3 is 1. The van der Waals surface area contributed by atoms with Gasteiger partial charge in [-0.25, -0.2) is 0 Å². The van der Waals surface area contributed by atoms with Gasteiger partial charge in [-0.3, -0.25) is 4.79 Å². The molecule has 0 saturated carbocycles. The number of nitrogens with two attached hydrogens (primary N) is 1. The van der Waals surface area contributed by atoms with Gasteiger partial charge in [0.05, 0.1) is 32.2 Å². The van der Waals surface area contributed by atoms with Gasteiger partial charge in [-0.05, 0) is 92.6 Å². The van der Waals surface area contributed by atoms with E-state index < -0.39 is 5.41 Å². The molecule has 2 N–H and O–H groups in total. The van der Waals surface area contributed by atoms with Crippen LogP contribution in [0.5, 0.6) is 17.2 Å². The van der Waals surface area contributed by atoms with Crippen molar-refractivity contribution in [1.82, 2.24) is 0 Å². The minimum atomic E-state index is -0.539. The molecule has 0 fully saturated rings. The van der Waals surface area contributed by atoms with Crippen molar-refractivity contribution in [3.05, 3.63) is 70.3 Å². The number of anilines is 1. The quantitative estimate of drug-likeness (QED) is 0.193. The van der Waals surface area contributed by atoms with E-state index in [2.05, 4.69) is 19.9 Å². The molecule has 0 spiro atoms. The highest BCUT2D eigenvalue weighted by atomic mass is 16.5. The summed E-state index contributed by atoms with van der Waals surface area (Å²) in [5.74, 6) is 1.96. The number of aryl methyl sites for hydroxylation is 2. The molecule has 3 aromatic carbocycles. The highest BCUT2D eigenvalue weighted by Crippen LogP contribution is 2.46. The topological polar surface area (TPSA) is 97.1 Å². The van der Waals surface area contributed by atoms with Crippen LogP contribution in [0.4, 0.5) is 5.69 Å². The Hall–Kier alpha value is -4.00. The number of hydrogen-bond donors (Lipinski definition) is 1. The van der Waals surface area contributed by atoms with E-state index in [0.717, 1.165) is 64.1 Å². The predicted molar refractivity (Wildman–Crippen MR) is 154 cm³/mol. The fourth-order valence-electron chi connectivity index (χ4n) is 5.79. The van der Waals surface area contributed by atoms with E-state index in [4.69, 9.17) is 24.7 Å². The molecule has 2 aliphatic rings. The first-order valence-electron chi connectivity index (χ1n) is 13.7. The van der Waals surface area contributed by atoms with Crippen LogP contribution in [0.15, 0.2) is 42.5 Å². The van der Waals surface area contributed by atoms with E-state index in [1.165, 1.54) is 18.2 Å². The SMILES string of the molecule is COC(=O)C[C@@H]1COc2cc(O[C@@H]3CCc4c(-c5c(C)cc(OCC(C)(C)C=O)cc5C)ccc(N)c43)ccc21. The van der Waals surface area contributed by atoms with Crippen molar-refractivity contribution in [3.8, 4) is 28.4 Å². The first-order valence-corrected chi connectivity index (χ1v) is 13.7. The minimum absolute atomic E-state index is 0.0123. The zero-order chi connectivity index (χ0) is 28.6. The van der Waals surface area contributed by atoms with E-state index in [0.29, 0.717) is 25.4 Å². The molecule has 0 unspecified atom stereocenters. The average molecular weight is 544 g/mol. The molecule has 0 bridgehead atoms. The maximum atomic E-state index is 11.8. The summed E-state index contributed by atoms with van der Waals surface area (Å²) in [6.07, 6.45) is 2.72. The summed E-state index contributed by atoms with van der Waals surface area (Å²) in [5, 5.41) is 0. The lowest BCUT2D eigenvalue weighted by Gasteiger charge is -2.21. The molecule has 1 aliphatic heterocycles. The molecule has 2 atom stereocenters. The summed E-state index contributed by atoms with van der Waals surface area (Å²) in [7, 11) is 1.40. The standard InChI is InChI=1S/C33H37NO6/c1-19-12-23(39-18-33(3,4)17-35)13-20(2)31(19)25-8-10-27(34)32-26(25)9-11-28(32)40-22-6-7-24-21(14-30(36)37-5)16-38-29(24)15-22/h6-8,10,12-13,15,17,21,28H,9,11,14,16,18,34H2,1-5H3/t21-,28-/m1/s1. The molecule has 1 aliphatic carbocycles. The number of nitrogen functional groups attached to an aromatic ring is 1. The molecule has 0 aromatic heterocycles. The molecule has 210 valence electrons. The van der Waals surface area contributed by atoms with Crippen molar-refractivity contribution >= 4 is 17.9 Å². The van der Waals surface area contributed by atoms with Crippen LogP contribution in [-0.4, -0.2) is 32.6 Å². The van der Waals surface area contributed by atoms with Gasteiger partial charge in [-0.2, -0.15) is 0 Å². The summed E-state index contributed by atoms with van der Waals surface area (Å²) < 4.78 is 23.2. The first-order chi connectivity index (χ1) is 19.1. The molecule has 1 heterocycles. The predicted octanol–water partition coefficient (Wildman–Crippen LogP) is 6.26. The number of fused-ring (bicyclic) bond motifs is 2. The van der Waals surface area contributed by atoms with Gasteiger partial charge in [-0.1, -0.05) is 12.1 Å². The van der Waals surface area contributed by atoms with Crippen LogP contribution in [0.1, 0.15) is 66.5 Å². The third kappa shape index (κ3) is 5.37. The zero-order valence-corrected chi connectivity index (χ0v) is 23.8. The van der Waals surface area contributed by atoms with Crippen LogP contribution >= 0.6 is 0 Å². The van der Waals surface area contributed by atoms with Crippen molar-refractivity contribution < 1.29 is 28.5 Å². The molecule has 0 amide bonds. The van der Waals surface area contributed by atoms with Gasteiger partial charge in [0.1, 0.15) is 29.6 Å². The fraction of sp³-hybridized carbons (Fsp3) is 0.394. The molecular formula is C33H37NO6. The van der Waals surface area contributed by atoms with E-state index in [-0.39, 0.29) is 18.0 Å². The maximum absolute atomic E-state index is 11.8. The van der Waals surface area contributed by atoms with Crippen molar-refractivity contribution in [2.45, 2.75) is 59.0 Å². The number of esters is 1. The second-order valence-corrected chi connectivity index (χ2v) is 11.6. The van der Waals surface area contributed by atoms with Crippen LogP contribution in [0.25, 0.3) is 11.1 Å². The van der Waals surface area contributed by atoms with E-state index in [9.17, 15) is 9.59 Å². The number of ether oxygens (including phenoxy) is 4. The van der Waals surface area contributed by atoms with Gasteiger partial charge in [0.2, 0.25) is 0 Å². The van der Waals surface area contributed by atoms with Gasteiger partial charge < -0.3 is 29.5 Å². The van der Waals surface area contributed by atoms with Crippen LogP contribution in [0.2, 0.25) is 0 Å². The largest absolute Gasteiger partial charge is 0.493 e. The van der Waals surface area contributed by atoms with Crippen molar-refractivity contribution in [2.24, 2.45) is 5.41 Å². The lowest BCUT2D eigenvalue weighted by molar-refractivity contribution is -0.141. The van der Waals surface area contributed by atoms with E-state index >= 15 is 0 Å². The Labute approximate surface area is 235 Å². The Bertz CT molecular complexity index is 1440. The number of aldehydes is 1. The first kappa shape index (κ1) is 27.6. The maximum Gasteiger partial charge on any atom is 0.306 e. The second kappa shape index (κ2) is 10.9. The van der Waals surface area contributed by atoms with Crippen LogP contribution in [0, 0.1) is 19.3 Å². The number of benzene rings is 3. The molecule has 0 saturated heterocycles.